The number of amides is 2. The summed E-state index contributed by atoms with van der Waals surface area (Å²) in [5.74, 6) is -1.61. The van der Waals surface area contributed by atoms with Crippen LogP contribution in [-0.4, -0.2) is 17.6 Å². The van der Waals surface area contributed by atoms with Crippen molar-refractivity contribution in [3.8, 4) is 0 Å². The molecule has 0 aliphatic carbocycles. The van der Waals surface area contributed by atoms with Crippen molar-refractivity contribution in [1.29, 1.82) is 0 Å². The van der Waals surface area contributed by atoms with Crippen LogP contribution < -0.4 is 5.32 Å². The first kappa shape index (κ1) is 6.92. The number of Topliss-reactive ketones (excluding diaryl/α,β-unsaturated/α-hetero) is 1. The quantitative estimate of drug-likeness (QED) is 0.361. The SMILES string of the molecule is O=C1CCCC(=O)C(=O)N1. The maximum absolute atomic E-state index is 10.6. The first-order valence-electron chi connectivity index (χ1n) is 3.07. The minimum absolute atomic E-state index is 0.192. The standard InChI is InChI=1S/C6H7NO3/c8-4-2-1-3-5(9)7-6(4)10/h1-3H2,(H,7,9,10). The van der Waals surface area contributed by atoms with Crippen molar-refractivity contribution in [3.63, 3.8) is 0 Å². The van der Waals surface area contributed by atoms with Crippen LogP contribution in [0.15, 0.2) is 0 Å². The fourth-order valence-corrected chi connectivity index (χ4v) is 0.782. The predicted molar refractivity (Wildman–Crippen MR) is 32.0 cm³/mol. The van der Waals surface area contributed by atoms with Crippen molar-refractivity contribution in [2.24, 2.45) is 0 Å². The Morgan fingerprint density at radius 2 is 1.80 bits per heavy atom. The largest absolute Gasteiger partial charge is 0.293 e. The van der Waals surface area contributed by atoms with Gasteiger partial charge in [0.05, 0.1) is 0 Å². The molecular formula is C6H7NO3. The van der Waals surface area contributed by atoms with Crippen LogP contribution in [0.1, 0.15) is 19.3 Å². The second kappa shape index (κ2) is 2.60. The number of ketones is 1. The Morgan fingerprint density at radius 3 is 2.50 bits per heavy atom. The third-order valence-corrected chi connectivity index (χ3v) is 1.31. The third kappa shape index (κ3) is 1.40. The molecule has 0 aromatic rings. The highest BCUT2D eigenvalue weighted by Crippen LogP contribution is 2.00. The highest BCUT2D eigenvalue weighted by atomic mass is 16.2. The molecule has 1 aliphatic heterocycles. The van der Waals surface area contributed by atoms with E-state index >= 15 is 0 Å². The van der Waals surface area contributed by atoms with E-state index in [0.29, 0.717) is 6.42 Å². The summed E-state index contributed by atoms with van der Waals surface area (Å²) in [5, 5.41) is 1.96. The van der Waals surface area contributed by atoms with E-state index in [9.17, 15) is 14.4 Å². The summed E-state index contributed by atoms with van der Waals surface area (Å²) in [4.78, 5) is 31.7. The second-order valence-corrected chi connectivity index (χ2v) is 2.15. The Bertz CT molecular complexity index is 197. The molecule has 1 rings (SSSR count). The molecule has 1 aliphatic rings. The lowest BCUT2D eigenvalue weighted by Gasteiger charge is -1.92. The van der Waals surface area contributed by atoms with Crippen molar-refractivity contribution in [1.82, 2.24) is 5.32 Å². The fraction of sp³-hybridized carbons (Fsp3) is 0.500. The number of rotatable bonds is 0. The van der Waals surface area contributed by atoms with E-state index in [2.05, 4.69) is 0 Å². The molecule has 4 heteroatoms. The Kier molecular flexibility index (Phi) is 1.80. The van der Waals surface area contributed by atoms with Gasteiger partial charge in [-0.15, -0.1) is 0 Å². The molecule has 0 aromatic heterocycles. The Labute approximate surface area is 57.6 Å². The lowest BCUT2D eigenvalue weighted by atomic mass is 10.2. The lowest BCUT2D eigenvalue weighted by Crippen LogP contribution is -2.32. The zero-order valence-corrected chi connectivity index (χ0v) is 5.35. The average Bonchev–Trinajstić information content (AvgIpc) is 1.96. The normalized spacial score (nSPS) is 20.2. The Morgan fingerprint density at radius 1 is 1.10 bits per heavy atom. The monoisotopic (exact) mass is 141 g/mol. The molecule has 54 valence electrons. The molecule has 0 unspecified atom stereocenters. The van der Waals surface area contributed by atoms with Crippen LogP contribution in [0.3, 0.4) is 0 Å². The summed E-state index contributed by atoms with van der Waals surface area (Å²) < 4.78 is 0. The van der Waals surface area contributed by atoms with E-state index in [4.69, 9.17) is 0 Å². The molecule has 10 heavy (non-hydrogen) atoms. The number of nitrogens with one attached hydrogen (secondary N) is 1. The van der Waals surface area contributed by atoms with Crippen LogP contribution in [-0.2, 0) is 14.4 Å². The lowest BCUT2D eigenvalue weighted by molar-refractivity contribution is -0.139. The number of carbonyl (C=O) groups is 3. The number of imide groups is 1. The van der Waals surface area contributed by atoms with Gasteiger partial charge in [-0.3, -0.25) is 19.7 Å². The van der Waals surface area contributed by atoms with Gasteiger partial charge < -0.3 is 0 Å². The minimum Gasteiger partial charge on any atom is -0.290 e. The van der Waals surface area contributed by atoms with Crippen LogP contribution in [0.4, 0.5) is 0 Å². The van der Waals surface area contributed by atoms with Gasteiger partial charge in [-0.1, -0.05) is 0 Å². The van der Waals surface area contributed by atoms with Crippen molar-refractivity contribution >= 4 is 17.6 Å². The van der Waals surface area contributed by atoms with E-state index in [0.717, 1.165) is 0 Å². The van der Waals surface area contributed by atoms with Crippen LogP contribution in [0, 0.1) is 0 Å². The minimum atomic E-state index is -0.762. The van der Waals surface area contributed by atoms with Crippen molar-refractivity contribution in [2.45, 2.75) is 19.3 Å². The van der Waals surface area contributed by atoms with Crippen LogP contribution in [0.5, 0.6) is 0 Å². The summed E-state index contributed by atoms with van der Waals surface area (Å²) in [6.07, 6.45) is 0.950. The molecule has 4 nitrogen and oxygen atoms in total. The highest BCUT2D eigenvalue weighted by Gasteiger charge is 2.20. The van der Waals surface area contributed by atoms with E-state index in [1.54, 1.807) is 0 Å². The molecule has 0 spiro atoms. The van der Waals surface area contributed by atoms with Crippen LogP contribution in [0.25, 0.3) is 0 Å². The van der Waals surface area contributed by atoms with Gasteiger partial charge in [-0.05, 0) is 6.42 Å². The van der Waals surface area contributed by atoms with Gasteiger partial charge in [0.1, 0.15) is 0 Å². The summed E-state index contributed by atoms with van der Waals surface area (Å²) in [6, 6.07) is 0. The molecule has 0 radical (unpaired) electrons. The molecule has 0 bridgehead atoms. The summed E-state index contributed by atoms with van der Waals surface area (Å²) in [7, 11) is 0. The first-order chi connectivity index (χ1) is 4.70. The van der Waals surface area contributed by atoms with Gasteiger partial charge in [0.25, 0.3) is 5.91 Å². The summed E-state index contributed by atoms with van der Waals surface area (Å²) >= 11 is 0. The number of hydrogen-bond acceptors (Lipinski definition) is 3. The molecule has 1 fully saturated rings. The van der Waals surface area contributed by atoms with Gasteiger partial charge in [0.2, 0.25) is 11.7 Å². The number of carbonyl (C=O) groups excluding carboxylic acids is 3. The zero-order valence-electron chi connectivity index (χ0n) is 5.35. The molecule has 0 atom stereocenters. The first-order valence-corrected chi connectivity index (χ1v) is 3.07. The molecular weight excluding hydrogens is 134 g/mol. The van der Waals surface area contributed by atoms with Gasteiger partial charge >= 0.3 is 0 Å². The van der Waals surface area contributed by atoms with Gasteiger partial charge in [-0.2, -0.15) is 0 Å². The van der Waals surface area contributed by atoms with E-state index in [1.165, 1.54) is 0 Å². The van der Waals surface area contributed by atoms with Crippen LogP contribution >= 0.6 is 0 Å². The van der Waals surface area contributed by atoms with Gasteiger partial charge in [0, 0.05) is 12.8 Å². The Hall–Kier alpha value is -1.19. The van der Waals surface area contributed by atoms with Crippen LogP contribution in [0.2, 0.25) is 0 Å². The number of hydrogen-bond donors (Lipinski definition) is 1. The van der Waals surface area contributed by atoms with Crippen molar-refractivity contribution in [3.05, 3.63) is 0 Å². The van der Waals surface area contributed by atoms with Gasteiger partial charge in [-0.25, -0.2) is 0 Å². The fourth-order valence-electron chi connectivity index (χ4n) is 0.782. The highest BCUT2D eigenvalue weighted by molar-refractivity contribution is 6.39. The maximum atomic E-state index is 10.6. The molecule has 0 saturated carbocycles. The summed E-state index contributed by atoms with van der Waals surface area (Å²) in [6.45, 7) is 0. The Balaban J connectivity index is 2.66. The average molecular weight is 141 g/mol. The van der Waals surface area contributed by atoms with E-state index < -0.39 is 11.7 Å². The smallest absolute Gasteiger partial charge is 0.290 e. The third-order valence-electron chi connectivity index (χ3n) is 1.31. The topological polar surface area (TPSA) is 63.2 Å². The zero-order chi connectivity index (χ0) is 7.56. The molecule has 1 saturated heterocycles. The second-order valence-electron chi connectivity index (χ2n) is 2.15. The molecule has 1 heterocycles. The molecule has 1 N–H and O–H groups in total. The molecule has 0 aromatic carbocycles. The van der Waals surface area contributed by atoms with Gasteiger partial charge in [0.15, 0.2) is 0 Å². The van der Waals surface area contributed by atoms with Crippen molar-refractivity contribution in [2.75, 3.05) is 0 Å². The van der Waals surface area contributed by atoms with Crippen molar-refractivity contribution < 1.29 is 14.4 Å². The van der Waals surface area contributed by atoms with E-state index in [1.807, 2.05) is 5.32 Å². The van der Waals surface area contributed by atoms with E-state index in [-0.39, 0.29) is 18.7 Å². The summed E-state index contributed by atoms with van der Waals surface area (Å²) in [5.41, 5.74) is 0. The predicted octanol–water partition coefficient (Wildman–Crippen LogP) is -0.618. The maximum Gasteiger partial charge on any atom is 0.293 e. The molecule has 2 amide bonds.